The molecule has 0 bridgehead atoms. The molecule has 2 nitrogen and oxygen atoms in total. The number of hydrogen-bond donors (Lipinski definition) is 1. The van der Waals surface area contributed by atoms with Gasteiger partial charge in [-0.3, -0.25) is 0 Å². The first kappa shape index (κ1) is 12.5. The summed E-state index contributed by atoms with van der Waals surface area (Å²) in [6.07, 6.45) is 0. The van der Waals surface area contributed by atoms with Gasteiger partial charge in [-0.25, -0.2) is 4.39 Å². The fourth-order valence-corrected chi connectivity index (χ4v) is 2.34. The molecule has 15 heavy (non-hydrogen) atoms. The van der Waals surface area contributed by atoms with Crippen molar-refractivity contribution in [1.82, 2.24) is 0 Å². The minimum Gasteiger partial charge on any atom is -0.384 e. The van der Waals surface area contributed by atoms with Gasteiger partial charge in [0.1, 0.15) is 5.82 Å². The molecule has 1 aromatic carbocycles. The van der Waals surface area contributed by atoms with E-state index in [9.17, 15) is 4.39 Å². The van der Waals surface area contributed by atoms with Gasteiger partial charge in [-0.05, 0) is 18.6 Å². The summed E-state index contributed by atoms with van der Waals surface area (Å²) < 4.78 is 18.4. The van der Waals surface area contributed by atoms with Gasteiger partial charge in [-0.15, -0.1) is 11.8 Å². The molecule has 0 spiro atoms. The van der Waals surface area contributed by atoms with Crippen LogP contribution in [0.4, 0.5) is 4.39 Å². The predicted octanol–water partition coefficient (Wildman–Crippen LogP) is 2.58. The van der Waals surface area contributed by atoms with E-state index in [0.717, 1.165) is 11.3 Å². The van der Waals surface area contributed by atoms with Gasteiger partial charge in [0, 0.05) is 23.8 Å². The lowest BCUT2D eigenvalue weighted by molar-refractivity contribution is 0.218. The van der Waals surface area contributed by atoms with Gasteiger partial charge in [0.05, 0.1) is 6.61 Å². The van der Waals surface area contributed by atoms with Crippen LogP contribution in [0.25, 0.3) is 0 Å². The molecular formula is C11H16FNOS. The highest BCUT2D eigenvalue weighted by Crippen LogP contribution is 2.29. The number of methoxy groups -OCH3 is 1. The minimum atomic E-state index is -0.203. The molecule has 0 fully saturated rings. The number of thioether (sulfide) groups is 1. The van der Waals surface area contributed by atoms with Crippen LogP contribution < -0.4 is 5.73 Å². The second-order valence-corrected chi connectivity index (χ2v) is 4.39. The zero-order chi connectivity index (χ0) is 11.3. The highest BCUT2D eigenvalue weighted by Gasteiger charge is 2.11. The molecule has 0 aliphatic carbocycles. The number of nitrogens with two attached hydrogens (primary N) is 1. The molecule has 1 rings (SSSR count). The van der Waals surface area contributed by atoms with Gasteiger partial charge >= 0.3 is 0 Å². The van der Waals surface area contributed by atoms with Crippen molar-refractivity contribution in [2.45, 2.75) is 17.9 Å². The molecule has 0 saturated heterocycles. The molecule has 0 aromatic heterocycles. The molecule has 4 heteroatoms. The maximum Gasteiger partial charge on any atom is 0.137 e. The van der Waals surface area contributed by atoms with Crippen LogP contribution in [0.5, 0.6) is 0 Å². The first-order chi connectivity index (χ1) is 7.16. The normalized spacial score (nSPS) is 12.8. The Morgan fingerprint density at radius 3 is 2.87 bits per heavy atom. The van der Waals surface area contributed by atoms with Crippen LogP contribution >= 0.6 is 11.8 Å². The Bertz CT molecular complexity index is 317. The van der Waals surface area contributed by atoms with Crippen molar-refractivity contribution in [3.8, 4) is 0 Å². The van der Waals surface area contributed by atoms with Crippen molar-refractivity contribution in [3.05, 3.63) is 29.6 Å². The molecule has 2 N–H and O–H groups in total. The Morgan fingerprint density at radius 2 is 2.27 bits per heavy atom. The Labute approximate surface area is 94.0 Å². The van der Waals surface area contributed by atoms with Gasteiger partial charge in [0.15, 0.2) is 0 Å². The smallest absolute Gasteiger partial charge is 0.137 e. The van der Waals surface area contributed by atoms with Crippen LogP contribution in [0.2, 0.25) is 0 Å². The van der Waals surface area contributed by atoms with E-state index < -0.39 is 0 Å². The maximum atomic E-state index is 13.5. The zero-order valence-corrected chi connectivity index (χ0v) is 9.81. The van der Waals surface area contributed by atoms with Gasteiger partial charge in [0.25, 0.3) is 0 Å². The zero-order valence-electron chi connectivity index (χ0n) is 9.00. The van der Waals surface area contributed by atoms with E-state index in [0.29, 0.717) is 11.5 Å². The molecule has 0 heterocycles. The number of benzene rings is 1. The summed E-state index contributed by atoms with van der Waals surface area (Å²) in [5.74, 6) is 0.530. The summed E-state index contributed by atoms with van der Waals surface area (Å²) in [4.78, 5) is 0.643. The SMILES string of the molecule is COCCSc1c(F)cccc1[C@@H](C)N. The lowest BCUT2D eigenvalue weighted by Gasteiger charge is -2.12. The Morgan fingerprint density at radius 1 is 1.53 bits per heavy atom. The molecule has 0 aliphatic rings. The van der Waals surface area contributed by atoms with Crippen LogP contribution in [-0.2, 0) is 4.74 Å². The first-order valence-electron chi connectivity index (χ1n) is 4.82. The second kappa shape index (κ2) is 6.10. The first-order valence-corrected chi connectivity index (χ1v) is 5.81. The van der Waals surface area contributed by atoms with Gasteiger partial charge < -0.3 is 10.5 Å². The third-order valence-electron chi connectivity index (χ3n) is 2.02. The third-order valence-corrected chi connectivity index (χ3v) is 3.11. The average molecular weight is 229 g/mol. The van der Waals surface area contributed by atoms with E-state index in [1.165, 1.54) is 17.8 Å². The molecule has 0 saturated carbocycles. The Balaban J connectivity index is 2.82. The minimum absolute atomic E-state index is 0.147. The van der Waals surface area contributed by atoms with Gasteiger partial charge in [-0.2, -0.15) is 0 Å². The lowest BCUT2D eigenvalue weighted by atomic mass is 10.1. The molecule has 0 radical (unpaired) electrons. The van der Waals surface area contributed by atoms with E-state index >= 15 is 0 Å². The molecule has 0 unspecified atom stereocenters. The van der Waals surface area contributed by atoms with E-state index in [1.54, 1.807) is 13.2 Å². The summed E-state index contributed by atoms with van der Waals surface area (Å²) in [6, 6.07) is 4.86. The number of rotatable bonds is 5. The van der Waals surface area contributed by atoms with Crippen LogP contribution in [0.15, 0.2) is 23.1 Å². The van der Waals surface area contributed by atoms with Crippen LogP contribution in [-0.4, -0.2) is 19.5 Å². The molecule has 0 aliphatic heterocycles. The van der Waals surface area contributed by atoms with Gasteiger partial charge in [-0.1, -0.05) is 12.1 Å². The average Bonchev–Trinajstić information content (AvgIpc) is 2.20. The third kappa shape index (κ3) is 3.48. The van der Waals surface area contributed by atoms with E-state index in [4.69, 9.17) is 10.5 Å². The molecule has 1 atom stereocenters. The van der Waals surface area contributed by atoms with Crippen LogP contribution in [0.3, 0.4) is 0 Å². The quantitative estimate of drug-likeness (QED) is 0.622. The highest BCUT2D eigenvalue weighted by molar-refractivity contribution is 7.99. The maximum absolute atomic E-state index is 13.5. The highest BCUT2D eigenvalue weighted by atomic mass is 32.2. The molecule has 1 aromatic rings. The fraction of sp³-hybridized carbons (Fsp3) is 0.455. The summed E-state index contributed by atoms with van der Waals surface area (Å²) in [5, 5.41) is 0. The number of ether oxygens (including phenoxy) is 1. The monoisotopic (exact) mass is 229 g/mol. The molecular weight excluding hydrogens is 213 g/mol. The van der Waals surface area contributed by atoms with Crippen LogP contribution in [0.1, 0.15) is 18.5 Å². The van der Waals surface area contributed by atoms with Crippen molar-refractivity contribution in [2.75, 3.05) is 19.5 Å². The van der Waals surface area contributed by atoms with E-state index in [1.807, 2.05) is 13.0 Å². The van der Waals surface area contributed by atoms with E-state index in [-0.39, 0.29) is 11.9 Å². The Kier molecular flexibility index (Phi) is 5.08. The topological polar surface area (TPSA) is 35.2 Å². The summed E-state index contributed by atoms with van der Waals surface area (Å²) in [5.41, 5.74) is 6.63. The standard InChI is InChI=1S/C11H16FNOS/c1-8(13)9-4-3-5-10(12)11(9)15-7-6-14-2/h3-5,8H,6-7,13H2,1-2H3/t8-/m1/s1. The second-order valence-electron chi connectivity index (χ2n) is 3.29. The summed E-state index contributed by atoms with van der Waals surface area (Å²) in [6.45, 7) is 2.46. The lowest BCUT2D eigenvalue weighted by Crippen LogP contribution is -2.07. The fourth-order valence-electron chi connectivity index (χ4n) is 1.26. The van der Waals surface area contributed by atoms with Crippen LogP contribution in [0, 0.1) is 5.82 Å². The van der Waals surface area contributed by atoms with Crippen molar-refractivity contribution < 1.29 is 9.13 Å². The molecule has 84 valence electrons. The predicted molar refractivity (Wildman–Crippen MR) is 61.6 cm³/mol. The van der Waals surface area contributed by atoms with E-state index in [2.05, 4.69) is 0 Å². The van der Waals surface area contributed by atoms with Gasteiger partial charge in [0.2, 0.25) is 0 Å². The van der Waals surface area contributed by atoms with Crippen molar-refractivity contribution in [3.63, 3.8) is 0 Å². The van der Waals surface area contributed by atoms with Crippen molar-refractivity contribution in [2.24, 2.45) is 5.73 Å². The van der Waals surface area contributed by atoms with Crippen molar-refractivity contribution in [1.29, 1.82) is 0 Å². The van der Waals surface area contributed by atoms with Crippen molar-refractivity contribution >= 4 is 11.8 Å². The Hall–Kier alpha value is -0.580. The largest absolute Gasteiger partial charge is 0.384 e. The summed E-state index contributed by atoms with van der Waals surface area (Å²) in [7, 11) is 1.63. The molecule has 0 amide bonds. The number of hydrogen-bond acceptors (Lipinski definition) is 3. The number of halogens is 1. The summed E-state index contributed by atoms with van der Waals surface area (Å²) >= 11 is 1.45.